The molecule has 0 radical (unpaired) electrons. The normalized spacial score (nSPS) is 17.5. The maximum absolute atomic E-state index is 12.4. The zero-order valence-electron chi connectivity index (χ0n) is 14.1. The van der Waals surface area contributed by atoms with Crippen molar-refractivity contribution in [2.45, 2.75) is 19.4 Å². The lowest BCUT2D eigenvalue weighted by molar-refractivity contribution is -0.113. The van der Waals surface area contributed by atoms with E-state index in [1.165, 1.54) is 17.3 Å². The van der Waals surface area contributed by atoms with E-state index in [1.807, 2.05) is 48.5 Å². The van der Waals surface area contributed by atoms with Crippen molar-refractivity contribution >= 4 is 52.0 Å². The highest BCUT2D eigenvalue weighted by Gasteiger charge is 2.32. The van der Waals surface area contributed by atoms with Crippen molar-refractivity contribution in [1.29, 1.82) is 0 Å². The number of amides is 1. The van der Waals surface area contributed by atoms with Crippen molar-refractivity contribution in [1.82, 2.24) is 5.01 Å². The number of fused-ring (bicyclic) bond motifs is 3. The van der Waals surface area contributed by atoms with E-state index >= 15 is 0 Å². The van der Waals surface area contributed by atoms with Gasteiger partial charge in [0, 0.05) is 28.9 Å². The Hall–Kier alpha value is -2.31. The van der Waals surface area contributed by atoms with E-state index in [4.69, 9.17) is 11.6 Å². The van der Waals surface area contributed by atoms with Gasteiger partial charge in [0.2, 0.25) is 5.91 Å². The molecule has 2 aromatic carbocycles. The molecule has 132 valence electrons. The fraction of sp³-hybridized carbons (Fsp3) is 0.211. The van der Waals surface area contributed by atoms with Crippen LogP contribution in [0.1, 0.15) is 23.6 Å². The zero-order chi connectivity index (χ0) is 18.1. The van der Waals surface area contributed by atoms with E-state index in [1.54, 1.807) is 6.07 Å². The molecule has 0 bridgehead atoms. The Morgan fingerprint density at radius 3 is 3.04 bits per heavy atom. The van der Waals surface area contributed by atoms with Crippen LogP contribution in [-0.2, 0) is 4.79 Å². The number of carbonyl (C=O) groups is 1. The molecule has 2 heterocycles. The van der Waals surface area contributed by atoms with Crippen LogP contribution in [0.4, 0.5) is 11.4 Å². The van der Waals surface area contributed by atoms with Gasteiger partial charge in [-0.05, 0) is 30.7 Å². The summed E-state index contributed by atoms with van der Waals surface area (Å²) in [5, 5.41) is 10.6. The van der Waals surface area contributed by atoms with Gasteiger partial charge in [0.1, 0.15) is 0 Å². The second-order valence-corrected chi connectivity index (χ2v) is 7.45. The zero-order valence-corrected chi connectivity index (χ0v) is 15.7. The molecule has 0 saturated heterocycles. The van der Waals surface area contributed by atoms with Gasteiger partial charge in [0.05, 0.1) is 17.5 Å². The van der Waals surface area contributed by atoms with Gasteiger partial charge in [0.25, 0.3) is 0 Å². The summed E-state index contributed by atoms with van der Waals surface area (Å²) in [4.78, 5) is 17.1. The van der Waals surface area contributed by atoms with Crippen LogP contribution >= 0.6 is 23.4 Å². The molecule has 5 nitrogen and oxygen atoms in total. The molecule has 2 aromatic rings. The molecule has 1 amide bonds. The molecule has 0 spiro atoms. The molecule has 2 aliphatic rings. The first-order valence-electron chi connectivity index (χ1n) is 8.30. The lowest BCUT2D eigenvalue weighted by Crippen LogP contribution is -2.29. The van der Waals surface area contributed by atoms with Crippen LogP contribution in [0, 0.1) is 6.92 Å². The molecule has 2 aliphatic heterocycles. The number of para-hydroxylation sites is 1. The molecule has 1 unspecified atom stereocenters. The first-order valence-corrected chi connectivity index (χ1v) is 9.67. The number of thioether (sulfide) groups is 1. The van der Waals surface area contributed by atoms with E-state index in [9.17, 15) is 4.79 Å². The fourth-order valence-corrected chi connectivity index (χ4v) is 4.02. The van der Waals surface area contributed by atoms with E-state index < -0.39 is 0 Å². The summed E-state index contributed by atoms with van der Waals surface area (Å²) in [5.74, 6) is 0.160. The van der Waals surface area contributed by atoms with Crippen LogP contribution in [0.2, 0.25) is 5.02 Å². The van der Waals surface area contributed by atoms with Crippen LogP contribution in [0.15, 0.2) is 52.6 Å². The Balaban J connectivity index is 1.47. The van der Waals surface area contributed by atoms with Gasteiger partial charge in [0.15, 0.2) is 5.17 Å². The second kappa shape index (κ2) is 7.13. The first-order chi connectivity index (χ1) is 12.6. The average Bonchev–Trinajstić information content (AvgIpc) is 3.14. The van der Waals surface area contributed by atoms with Gasteiger partial charge in [-0.15, -0.1) is 0 Å². The maximum Gasteiger partial charge on any atom is 0.234 e. The number of hydrogen-bond acceptors (Lipinski definition) is 5. The van der Waals surface area contributed by atoms with Crippen molar-refractivity contribution < 1.29 is 4.79 Å². The molecule has 0 aromatic heterocycles. The molecule has 0 aliphatic carbocycles. The summed E-state index contributed by atoms with van der Waals surface area (Å²) in [6.45, 7) is 1.89. The third-order valence-corrected chi connectivity index (χ3v) is 5.76. The number of rotatable bonds is 3. The molecule has 26 heavy (non-hydrogen) atoms. The van der Waals surface area contributed by atoms with Crippen LogP contribution in [-0.4, -0.2) is 28.1 Å². The van der Waals surface area contributed by atoms with Gasteiger partial charge in [-0.25, -0.2) is 10.0 Å². The summed E-state index contributed by atoms with van der Waals surface area (Å²) >= 11 is 7.50. The summed E-state index contributed by atoms with van der Waals surface area (Å²) in [7, 11) is 0. The molecule has 0 saturated carbocycles. The standard InChI is InChI=1S/C19H17ClN4OS/c1-12-14(20)6-4-8-15(12)22-18(25)11-26-19-23-16-7-3-2-5-13(16)17-9-10-21-24(17)19/h2-8,10,17H,9,11H2,1H3,(H,22,25). The minimum atomic E-state index is -0.0957. The number of benzene rings is 2. The smallest absolute Gasteiger partial charge is 0.234 e. The number of nitrogens with zero attached hydrogens (tertiary/aromatic N) is 3. The number of anilines is 1. The van der Waals surface area contributed by atoms with Gasteiger partial charge in [-0.3, -0.25) is 4.79 Å². The maximum atomic E-state index is 12.4. The molecular weight excluding hydrogens is 368 g/mol. The van der Waals surface area contributed by atoms with Gasteiger partial charge >= 0.3 is 0 Å². The van der Waals surface area contributed by atoms with Crippen LogP contribution in [0.25, 0.3) is 0 Å². The first kappa shape index (κ1) is 17.1. The van der Waals surface area contributed by atoms with Crippen LogP contribution < -0.4 is 5.32 Å². The Bertz CT molecular complexity index is 928. The fourth-order valence-electron chi connectivity index (χ4n) is 3.04. The highest BCUT2D eigenvalue weighted by molar-refractivity contribution is 8.14. The van der Waals surface area contributed by atoms with Crippen LogP contribution in [0.5, 0.6) is 0 Å². The minimum Gasteiger partial charge on any atom is -0.325 e. The summed E-state index contributed by atoms with van der Waals surface area (Å²) in [5.41, 5.74) is 3.72. The predicted molar refractivity (Wildman–Crippen MR) is 109 cm³/mol. The van der Waals surface area contributed by atoms with Gasteiger partial charge in [-0.1, -0.05) is 47.6 Å². The Kier molecular flexibility index (Phi) is 4.70. The molecule has 1 N–H and O–H groups in total. The molecule has 1 atom stereocenters. The number of hydrazone groups is 1. The van der Waals surface area contributed by atoms with Crippen molar-refractivity contribution in [2.24, 2.45) is 10.1 Å². The van der Waals surface area contributed by atoms with E-state index in [0.717, 1.165) is 28.5 Å². The highest BCUT2D eigenvalue weighted by atomic mass is 35.5. The number of halogens is 1. The van der Waals surface area contributed by atoms with E-state index in [0.29, 0.717) is 5.02 Å². The lowest BCUT2D eigenvalue weighted by atomic mass is 10.0. The van der Waals surface area contributed by atoms with Crippen molar-refractivity contribution in [3.63, 3.8) is 0 Å². The van der Waals surface area contributed by atoms with Crippen molar-refractivity contribution in [3.8, 4) is 0 Å². The third-order valence-electron chi connectivity index (χ3n) is 4.41. The third kappa shape index (κ3) is 3.22. The predicted octanol–water partition coefficient (Wildman–Crippen LogP) is 4.75. The molecule has 7 heteroatoms. The van der Waals surface area contributed by atoms with Crippen molar-refractivity contribution in [3.05, 3.63) is 58.6 Å². The minimum absolute atomic E-state index is 0.0957. The van der Waals surface area contributed by atoms with E-state index in [2.05, 4.69) is 21.5 Å². The quantitative estimate of drug-likeness (QED) is 0.830. The summed E-state index contributed by atoms with van der Waals surface area (Å²) in [6.07, 6.45) is 2.75. The number of aliphatic imine (C=N–C) groups is 1. The Labute approximate surface area is 161 Å². The number of hydrogen-bond donors (Lipinski definition) is 1. The van der Waals surface area contributed by atoms with Crippen molar-refractivity contribution in [2.75, 3.05) is 11.1 Å². The molecular formula is C19H17ClN4OS. The average molecular weight is 385 g/mol. The number of amidine groups is 1. The van der Waals surface area contributed by atoms with E-state index in [-0.39, 0.29) is 17.7 Å². The van der Waals surface area contributed by atoms with Gasteiger partial charge < -0.3 is 5.32 Å². The topological polar surface area (TPSA) is 57.1 Å². The highest BCUT2D eigenvalue weighted by Crippen LogP contribution is 2.40. The summed E-state index contributed by atoms with van der Waals surface area (Å²) in [6, 6.07) is 13.7. The monoisotopic (exact) mass is 384 g/mol. The lowest BCUT2D eigenvalue weighted by Gasteiger charge is -2.29. The Morgan fingerprint density at radius 1 is 1.31 bits per heavy atom. The summed E-state index contributed by atoms with van der Waals surface area (Å²) < 4.78 is 0. The molecule has 0 fully saturated rings. The molecule has 4 rings (SSSR count). The van der Waals surface area contributed by atoms with Crippen LogP contribution in [0.3, 0.4) is 0 Å². The Morgan fingerprint density at radius 2 is 2.15 bits per heavy atom. The number of nitrogens with one attached hydrogen (secondary N) is 1. The second-order valence-electron chi connectivity index (χ2n) is 6.10. The number of carbonyl (C=O) groups excluding carboxylic acids is 1. The largest absolute Gasteiger partial charge is 0.325 e. The van der Waals surface area contributed by atoms with Gasteiger partial charge in [-0.2, -0.15) is 5.10 Å². The SMILES string of the molecule is Cc1c(Cl)cccc1NC(=O)CSC1=Nc2ccccc2C2CC=NN12.